The lowest BCUT2D eigenvalue weighted by molar-refractivity contribution is -0.120. The molecule has 18 heavy (non-hydrogen) atoms. The number of rotatable bonds is 1. The van der Waals surface area contributed by atoms with Gasteiger partial charge in [-0.3, -0.25) is 4.79 Å². The number of nitrogens with one attached hydrogen (secondary N) is 2. The molecule has 6 heteroatoms. The quantitative estimate of drug-likeness (QED) is 0.754. The third kappa shape index (κ3) is 1.72. The van der Waals surface area contributed by atoms with Crippen LogP contribution in [0, 0.1) is 5.82 Å². The summed E-state index contributed by atoms with van der Waals surface area (Å²) in [6.45, 7) is 0. The van der Waals surface area contributed by atoms with Gasteiger partial charge in [0.2, 0.25) is 5.91 Å². The molecule has 1 aliphatic heterocycles. The van der Waals surface area contributed by atoms with Gasteiger partial charge in [0.1, 0.15) is 12.0 Å². The Morgan fingerprint density at radius 1 is 1.44 bits per heavy atom. The Bertz CT molecular complexity index is 640. The highest BCUT2D eigenvalue weighted by atomic mass is 79.9. The van der Waals surface area contributed by atoms with Crippen LogP contribution in [0.15, 0.2) is 22.8 Å². The van der Waals surface area contributed by atoms with E-state index in [0.717, 1.165) is 11.1 Å². The number of aliphatic hydroxyl groups excluding tert-OH is 1. The van der Waals surface area contributed by atoms with E-state index in [1.54, 1.807) is 12.3 Å². The van der Waals surface area contributed by atoms with Crippen LogP contribution in [0.3, 0.4) is 0 Å². The minimum absolute atomic E-state index is 0.195. The zero-order valence-corrected chi connectivity index (χ0v) is 10.8. The highest BCUT2D eigenvalue weighted by molar-refractivity contribution is 9.10. The summed E-state index contributed by atoms with van der Waals surface area (Å²) < 4.78 is 13.9. The van der Waals surface area contributed by atoms with Crippen molar-refractivity contribution in [3.8, 4) is 0 Å². The second-order valence-corrected chi connectivity index (χ2v) is 5.23. The molecule has 2 aromatic rings. The molecular formula is C12H10BrFN2O2. The van der Waals surface area contributed by atoms with E-state index in [2.05, 4.69) is 26.2 Å². The number of carbonyl (C=O) groups excluding carboxylic acids is 1. The molecule has 2 atom stereocenters. The molecule has 1 fully saturated rings. The number of hydrogen-bond acceptors (Lipinski definition) is 2. The summed E-state index contributed by atoms with van der Waals surface area (Å²) in [5.74, 6) is -0.901. The fourth-order valence-corrected chi connectivity index (χ4v) is 2.70. The number of hydrogen-bond donors (Lipinski definition) is 3. The molecular weight excluding hydrogens is 303 g/mol. The van der Waals surface area contributed by atoms with Gasteiger partial charge in [0.05, 0.1) is 4.47 Å². The first-order valence-corrected chi connectivity index (χ1v) is 6.29. The maximum Gasteiger partial charge on any atom is 0.222 e. The van der Waals surface area contributed by atoms with Crippen molar-refractivity contribution < 1.29 is 14.3 Å². The normalized spacial score (nSPS) is 23.6. The zero-order chi connectivity index (χ0) is 12.9. The molecule has 1 saturated heterocycles. The summed E-state index contributed by atoms with van der Waals surface area (Å²) in [7, 11) is 0. The minimum atomic E-state index is -0.914. The monoisotopic (exact) mass is 312 g/mol. The molecule has 1 amide bonds. The van der Waals surface area contributed by atoms with Crippen LogP contribution in [-0.4, -0.2) is 22.2 Å². The molecule has 0 aliphatic carbocycles. The van der Waals surface area contributed by atoms with Crippen LogP contribution < -0.4 is 5.32 Å². The third-order valence-electron chi connectivity index (χ3n) is 3.25. The van der Waals surface area contributed by atoms with Crippen LogP contribution >= 0.6 is 15.9 Å². The topological polar surface area (TPSA) is 65.1 Å². The van der Waals surface area contributed by atoms with Crippen molar-refractivity contribution >= 4 is 32.7 Å². The molecule has 4 nitrogen and oxygen atoms in total. The second-order valence-electron chi connectivity index (χ2n) is 4.38. The predicted molar refractivity (Wildman–Crippen MR) is 67.5 cm³/mol. The van der Waals surface area contributed by atoms with Crippen molar-refractivity contribution in [2.75, 3.05) is 0 Å². The van der Waals surface area contributed by atoms with Crippen LogP contribution in [0.25, 0.3) is 10.9 Å². The maximum absolute atomic E-state index is 13.6. The molecule has 1 aromatic carbocycles. The molecule has 94 valence electrons. The number of benzene rings is 1. The summed E-state index contributed by atoms with van der Waals surface area (Å²) in [4.78, 5) is 14.3. The van der Waals surface area contributed by atoms with Gasteiger partial charge in [0.25, 0.3) is 0 Å². The van der Waals surface area contributed by atoms with E-state index in [1.165, 1.54) is 6.07 Å². The van der Waals surface area contributed by atoms with E-state index >= 15 is 0 Å². The Morgan fingerprint density at radius 3 is 2.89 bits per heavy atom. The van der Waals surface area contributed by atoms with Crippen molar-refractivity contribution in [1.29, 1.82) is 0 Å². The van der Waals surface area contributed by atoms with Gasteiger partial charge in [0, 0.05) is 29.4 Å². The molecule has 3 rings (SSSR count). The van der Waals surface area contributed by atoms with E-state index in [1.807, 2.05) is 0 Å². The van der Waals surface area contributed by atoms with Crippen LogP contribution in [-0.2, 0) is 4.79 Å². The molecule has 2 heterocycles. The molecule has 1 aliphatic rings. The number of carbonyl (C=O) groups is 1. The molecule has 0 radical (unpaired) electrons. The van der Waals surface area contributed by atoms with E-state index in [0.29, 0.717) is 9.86 Å². The molecule has 1 aromatic heterocycles. The second kappa shape index (κ2) is 4.07. The zero-order valence-electron chi connectivity index (χ0n) is 9.21. The lowest BCUT2D eigenvalue weighted by Gasteiger charge is -2.12. The van der Waals surface area contributed by atoms with Crippen LogP contribution in [0.1, 0.15) is 17.9 Å². The molecule has 0 spiro atoms. The van der Waals surface area contributed by atoms with Crippen molar-refractivity contribution in [3.05, 3.63) is 34.2 Å². The van der Waals surface area contributed by atoms with Gasteiger partial charge in [-0.1, -0.05) is 0 Å². The fraction of sp³-hybridized carbons (Fsp3) is 0.250. The lowest BCUT2D eigenvalue weighted by atomic mass is 9.96. The SMILES string of the molecule is O=C1CC(c2c[nH]c3cc(Br)c(F)cc23)C(O)N1. The standard InChI is InChI=1S/C12H10BrFN2O2/c13-8-3-10-5(1-9(8)14)7(4-15-10)6-2-11(17)16-12(6)18/h1,3-4,6,12,15,18H,2H2,(H,16,17). The summed E-state index contributed by atoms with van der Waals surface area (Å²) in [6, 6.07) is 3.05. The molecule has 0 saturated carbocycles. The average molecular weight is 313 g/mol. The first kappa shape index (κ1) is 11.7. The van der Waals surface area contributed by atoms with Gasteiger partial charge in [-0.25, -0.2) is 4.39 Å². The first-order valence-electron chi connectivity index (χ1n) is 5.49. The van der Waals surface area contributed by atoms with Crippen molar-refractivity contribution in [2.45, 2.75) is 18.6 Å². The van der Waals surface area contributed by atoms with Crippen molar-refractivity contribution in [3.63, 3.8) is 0 Å². The van der Waals surface area contributed by atoms with Gasteiger partial charge < -0.3 is 15.4 Å². The number of amides is 1. The summed E-state index contributed by atoms with van der Waals surface area (Å²) in [6.07, 6.45) is 1.01. The fourth-order valence-electron chi connectivity index (χ4n) is 2.36. The Kier molecular flexibility index (Phi) is 2.64. The van der Waals surface area contributed by atoms with Crippen LogP contribution in [0.4, 0.5) is 4.39 Å². The van der Waals surface area contributed by atoms with Crippen molar-refractivity contribution in [2.24, 2.45) is 0 Å². The highest BCUT2D eigenvalue weighted by Gasteiger charge is 2.33. The number of aromatic amines is 1. The van der Waals surface area contributed by atoms with E-state index in [-0.39, 0.29) is 24.1 Å². The smallest absolute Gasteiger partial charge is 0.222 e. The van der Waals surface area contributed by atoms with Gasteiger partial charge >= 0.3 is 0 Å². The summed E-state index contributed by atoms with van der Waals surface area (Å²) in [5.41, 5.74) is 1.52. The molecule has 2 unspecified atom stereocenters. The number of aliphatic hydroxyl groups is 1. The number of aromatic nitrogens is 1. The number of H-pyrrole nitrogens is 1. The third-order valence-corrected chi connectivity index (χ3v) is 3.86. The summed E-state index contributed by atoms with van der Waals surface area (Å²) >= 11 is 3.12. The van der Waals surface area contributed by atoms with Crippen LogP contribution in [0.2, 0.25) is 0 Å². The van der Waals surface area contributed by atoms with Crippen LogP contribution in [0.5, 0.6) is 0 Å². The molecule has 3 N–H and O–H groups in total. The van der Waals surface area contributed by atoms with E-state index in [4.69, 9.17) is 0 Å². The van der Waals surface area contributed by atoms with E-state index in [9.17, 15) is 14.3 Å². The maximum atomic E-state index is 13.6. The number of fused-ring (bicyclic) bond motifs is 1. The van der Waals surface area contributed by atoms with Gasteiger partial charge in [0.15, 0.2) is 0 Å². The van der Waals surface area contributed by atoms with Gasteiger partial charge in [-0.2, -0.15) is 0 Å². The van der Waals surface area contributed by atoms with Crippen molar-refractivity contribution in [1.82, 2.24) is 10.3 Å². The van der Waals surface area contributed by atoms with Gasteiger partial charge in [-0.15, -0.1) is 0 Å². The Hall–Kier alpha value is -1.40. The Balaban J connectivity index is 2.13. The summed E-state index contributed by atoms with van der Waals surface area (Å²) in [5, 5.41) is 12.9. The predicted octanol–water partition coefficient (Wildman–Crippen LogP) is 1.99. The first-order chi connectivity index (χ1) is 8.56. The Morgan fingerprint density at radius 2 is 2.22 bits per heavy atom. The minimum Gasteiger partial charge on any atom is -0.373 e. The van der Waals surface area contributed by atoms with Gasteiger partial charge in [-0.05, 0) is 33.6 Å². The largest absolute Gasteiger partial charge is 0.373 e. The molecule has 0 bridgehead atoms. The highest BCUT2D eigenvalue weighted by Crippen LogP contribution is 2.34. The average Bonchev–Trinajstić information content (AvgIpc) is 2.83. The van der Waals surface area contributed by atoms with E-state index < -0.39 is 6.23 Å². The number of halogens is 2. The lowest BCUT2D eigenvalue weighted by Crippen LogP contribution is -2.27. The Labute approximate surface area is 110 Å².